The van der Waals surface area contributed by atoms with Gasteiger partial charge in [-0.1, -0.05) is 0 Å². The Hall–Kier alpha value is -1.80. The number of ether oxygens (including phenoxy) is 2. The van der Waals surface area contributed by atoms with E-state index in [-0.39, 0.29) is 17.6 Å². The average Bonchev–Trinajstić information content (AvgIpc) is 2.58. The molecule has 134 valence electrons. The number of amides is 1. The number of carbonyl (C=O) groups is 1. The van der Waals surface area contributed by atoms with Gasteiger partial charge in [0.05, 0.1) is 20.0 Å². The molecule has 0 spiro atoms. The third-order valence-corrected chi connectivity index (χ3v) is 5.15. The Morgan fingerprint density at radius 2 is 1.83 bits per heavy atom. The summed E-state index contributed by atoms with van der Waals surface area (Å²) in [5.41, 5.74) is 0.552. The third-order valence-electron chi connectivity index (χ3n) is 4.34. The van der Waals surface area contributed by atoms with Crippen LogP contribution in [0.5, 0.6) is 11.5 Å². The molecular formula is C16H24N2O5S. The van der Waals surface area contributed by atoms with E-state index in [1.165, 1.54) is 7.11 Å². The summed E-state index contributed by atoms with van der Waals surface area (Å²) < 4.78 is 32.5. The topological polar surface area (TPSA) is 98.9 Å². The molecular weight excluding hydrogens is 332 g/mol. The zero-order valence-corrected chi connectivity index (χ0v) is 14.8. The van der Waals surface area contributed by atoms with Gasteiger partial charge >= 0.3 is 0 Å². The lowest BCUT2D eigenvalue weighted by atomic mass is 9.94. The fraction of sp³-hybridized carbons (Fsp3) is 0.562. The molecule has 1 aromatic carbocycles. The highest BCUT2D eigenvalue weighted by atomic mass is 32.2. The molecule has 1 aliphatic rings. The van der Waals surface area contributed by atoms with E-state index in [4.69, 9.17) is 14.6 Å². The molecule has 0 aromatic heterocycles. The number of carbonyl (C=O) groups excluding carboxylic acids is 1. The molecule has 0 bridgehead atoms. The van der Waals surface area contributed by atoms with Gasteiger partial charge in [0, 0.05) is 18.7 Å². The van der Waals surface area contributed by atoms with Crippen molar-refractivity contribution in [2.75, 3.05) is 33.1 Å². The van der Waals surface area contributed by atoms with Gasteiger partial charge in [-0.05, 0) is 43.4 Å². The number of likely N-dealkylation sites (tertiary alicyclic amines) is 1. The van der Waals surface area contributed by atoms with E-state index in [2.05, 4.69) is 0 Å². The Morgan fingerprint density at radius 3 is 2.38 bits per heavy atom. The maximum atomic E-state index is 12.6. The molecule has 1 saturated heterocycles. The molecule has 1 heterocycles. The summed E-state index contributed by atoms with van der Waals surface area (Å²) in [5.74, 6) is 1.34. The molecule has 1 aliphatic heterocycles. The van der Waals surface area contributed by atoms with Crippen molar-refractivity contribution in [1.29, 1.82) is 0 Å². The average molecular weight is 356 g/mol. The van der Waals surface area contributed by atoms with E-state index in [0.717, 1.165) is 12.8 Å². The quantitative estimate of drug-likeness (QED) is 0.827. The number of methoxy groups -OCH3 is 2. The minimum Gasteiger partial charge on any atom is -0.493 e. The summed E-state index contributed by atoms with van der Waals surface area (Å²) in [6.07, 6.45) is 2.13. The molecule has 0 atom stereocenters. The zero-order chi connectivity index (χ0) is 17.7. The summed E-state index contributed by atoms with van der Waals surface area (Å²) in [6.45, 7) is 1.23. The predicted octanol–water partition coefficient (Wildman–Crippen LogP) is 1.23. The highest BCUT2D eigenvalue weighted by Gasteiger charge is 2.25. The lowest BCUT2D eigenvalue weighted by Crippen LogP contribution is -2.39. The van der Waals surface area contributed by atoms with Crippen LogP contribution in [-0.4, -0.2) is 52.3 Å². The number of nitrogens with two attached hydrogens (primary N) is 1. The molecule has 8 heteroatoms. The van der Waals surface area contributed by atoms with Crippen molar-refractivity contribution in [2.45, 2.75) is 19.3 Å². The van der Waals surface area contributed by atoms with Gasteiger partial charge in [-0.3, -0.25) is 4.79 Å². The fourth-order valence-electron chi connectivity index (χ4n) is 2.91. The van der Waals surface area contributed by atoms with Crippen LogP contribution in [-0.2, 0) is 10.0 Å². The first-order valence-electron chi connectivity index (χ1n) is 7.86. The predicted molar refractivity (Wildman–Crippen MR) is 90.8 cm³/mol. The molecule has 0 saturated carbocycles. The van der Waals surface area contributed by atoms with E-state index < -0.39 is 10.0 Å². The fourth-order valence-corrected chi connectivity index (χ4v) is 3.57. The number of sulfonamides is 1. The minimum atomic E-state index is -3.42. The highest BCUT2D eigenvalue weighted by molar-refractivity contribution is 7.89. The van der Waals surface area contributed by atoms with Gasteiger partial charge in [0.25, 0.3) is 5.91 Å². The second kappa shape index (κ2) is 7.85. The highest BCUT2D eigenvalue weighted by Crippen LogP contribution is 2.29. The Balaban J connectivity index is 1.95. The number of nitrogens with zero attached hydrogens (tertiary/aromatic N) is 1. The number of rotatable bonds is 6. The van der Waals surface area contributed by atoms with Gasteiger partial charge in [-0.15, -0.1) is 0 Å². The number of hydrogen-bond donors (Lipinski definition) is 1. The summed E-state index contributed by atoms with van der Waals surface area (Å²) in [7, 11) is -0.339. The smallest absolute Gasteiger partial charge is 0.253 e. The van der Waals surface area contributed by atoms with E-state index in [9.17, 15) is 13.2 Å². The first-order chi connectivity index (χ1) is 11.3. The minimum absolute atomic E-state index is 0.00128. The summed E-state index contributed by atoms with van der Waals surface area (Å²) in [5, 5.41) is 5.04. The van der Waals surface area contributed by atoms with Crippen LogP contribution >= 0.6 is 0 Å². The lowest BCUT2D eigenvalue weighted by Gasteiger charge is -2.32. The van der Waals surface area contributed by atoms with Crippen LogP contribution < -0.4 is 14.6 Å². The first-order valence-corrected chi connectivity index (χ1v) is 9.57. The van der Waals surface area contributed by atoms with Crippen molar-refractivity contribution >= 4 is 15.9 Å². The molecule has 0 aliphatic carbocycles. The Bertz CT molecular complexity index is 682. The molecule has 2 N–H and O–H groups in total. The number of piperidine rings is 1. The second-order valence-corrected chi connectivity index (χ2v) is 7.69. The molecule has 7 nitrogen and oxygen atoms in total. The van der Waals surface area contributed by atoms with Gasteiger partial charge < -0.3 is 14.4 Å². The van der Waals surface area contributed by atoms with Gasteiger partial charge in [-0.25, -0.2) is 13.6 Å². The Kier molecular flexibility index (Phi) is 6.06. The van der Waals surface area contributed by atoms with Crippen LogP contribution in [0.15, 0.2) is 18.2 Å². The molecule has 0 unspecified atom stereocenters. The van der Waals surface area contributed by atoms with Crippen LogP contribution in [0.1, 0.15) is 29.6 Å². The van der Waals surface area contributed by atoms with Gasteiger partial charge in [0.15, 0.2) is 11.5 Å². The van der Waals surface area contributed by atoms with Crippen molar-refractivity contribution in [3.8, 4) is 11.5 Å². The molecule has 24 heavy (non-hydrogen) atoms. The number of primary sulfonamides is 1. The van der Waals surface area contributed by atoms with Crippen LogP contribution in [0.4, 0.5) is 0 Å². The number of hydrogen-bond acceptors (Lipinski definition) is 5. The van der Waals surface area contributed by atoms with Crippen molar-refractivity contribution in [2.24, 2.45) is 11.1 Å². The number of benzene rings is 1. The molecule has 0 radical (unpaired) electrons. The monoisotopic (exact) mass is 356 g/mol. The Labute approximate surface area is 142 Å². The van der Waals surface area contributed by atoms with Crippen LogP contribution in [0, 0.1) is 5.92 Å². The standard InChI is InChI=1S/C16H24N2O5S/c1-22-14-4-3-13(11-15(14)23-2)16(19)18-8-5-12(6-9-18)7-10-24(17,20)21/h3-4,11-12H,5-10H2,1-2H3,(H2,17,20,21). The van der Waals surface area contributed by atoms with E-state index in [0.29, 0.717) is 36.6 Å². The van der Waals surface area contributed by atoms with Gasteiger partial charge in [0.1, 0.15) is 0 Å². The Morgan fingerprint density at radius 1 is 1.21 bits per heavy atom. The van der Waals surface area contributed by atoms with E-state index in [1.807, 2.05) is 0 Å². The molecule has 1 amide bonds. The van der Waals surface area contributed by atoms with Crippen molar-refractivity contribution in [3.63, 3.8) is 0 Å². The summed E-state index contributed by atoms with van der Waals surface area (Å²) in [4.78, 5) is 14.4. The molecule has 2 rings (SSSR count). The maximum Gasteiger partial charge on any atom is 0.253 e. The molecule has 1 fully saturated rings. The summed E-state index contributed by atoms with van der Waals surface area (Å²) >= 11 is 0. The van der Waals surface area contributed by atoms with Crippen LogP contribution in [0.2, 0.25) is 0 Å². The second-order valence-electron chi connectivity index (χ2n) is 5.96. The van der Waals surface area contributed by atoms with Gasteiger partial charge in [0.2, 0.25) is 10.0 Å². The lowest BCUT2D eigenvalue weighted by molar-refractivity contribution is 0.0688. The van der Waals surface area contributed by atoms with Crippen molar-refractivity contribution < 1.29 is 22.7 Å². The van der Waals surface area contributed by atoms with Crippen molar-refractivity contribution in [3.05, 3.63) is 23.8 Å². The first kappa shape index (κ1) is 18.5. The zero-order valence-electron chi connectivity index (χ0n) is 14.0. The van der Waals surface area contributed by atoms with E-state index in [1.54, 1.807) is 30.2 Å². The largest absolute Gasteiger partial charge is 0.493 e. The maximum absolute atomic E-state index is 12.6. The van der Waals surface area contributed by atoms with Crippen LogP contribution in [0.3, 0.4) is 0 Å². The summed E-state index contributed by atoms with van der Waals surface area (Å²) in [6, 6.07) is 5.11. The van der Waals surface area contributed by atoms with E-state index >= 15 is 0 Å². The van der Waals surface area contributed by atoms with Crippen molar-refractivity contribution in [1.82, 2.24) is 4.90 Å². The molecule has 1 aromatic rings. The third kappa shape index (κ3) is 4.85. The van der Waals surface area contributed by atoms with Gasteiger partial charge in [-0.2, -0.15) is 0 Å². The normalized spacial score (nSPS) is 16.0. The SMILES string of the molecule is COc1ccc(C(=O)N2CCC(CCS(N)(=O)=O)CC2)cc1OC. The van der Waals surface area contributed by atoms with Crippen LogP contribution in [0.25, 0.3) is 0 Å².